The second kappa shape index (κ2) is 14.5. The molecule has 0 aromatic heterocycles. The number of hydrogen-bond donors (Lipinski definition) is 0. The van der Waals surface area contributed by atoms with Gasteiger partial charge in [-0.1, -0.05) is 77.6 Å². The molecular formula is C21H39O4P. The van der Waals surface area contributed by atoms with E-state index in [0.29, 0.717) is 18.9 Å². The highest BCUT2D eigenvalue weighted by molar-refractivity contribution is 7.59. The molecule has 152 valence electrons. The van der Waals surface area contributed by atoms with Crippen LogP contribution in [0.15, 0.2) is 11.6 Å². The molecule has 0 saturated heterocycles. The van der Waals surface area contributed by atoms with Gasteiger partial charge in [-0.15, -0.1) is 0 Å². The summed E-state index contributed by atoms with van der Waals surface area (Å²) in [6, 6.07) is 0. The maximum Gasteiger partial charge on any atom is 0.331 e. The minimum atomic E-state index is -2.68. The molecular weight excluding hydrogens is 347 g/mol. The van der Waals surface area contributed by atoms with Crippen LogP contribution in [-0.4, -0.2) is 31.5 Å². The van der Waals surface area contributed by atoms with Crippen molar-refractivity contribution in [2.75, 3.05) is 25.5 Å². The zero-order valence-corrected chi connectivity index (χ0v) is 17.9. The third-order valence-electron chi connectivity index (χ3n) is 4.88. The van der Waals surface area contributed by atoms with Crippen LogP contribution in [0.5, 0.6) is 0 Å². The molecule has 1 heterocycles. The molecule has 0 N–H and O–H groups in total. The molecule has 0 amide bonds. The highest BCUT2D eigenvalue weighted by atomic mass is 31.2. The Morgan fingerprint density at radius 1 is 0.923 bits per heavy atom. The van der Waals surface area contributed by atoms with Crippen LogP contribution in [0.2, 0.25) is 0 Å². The fourth-order valence-electron chi connectivity index (χ4n) is 3.43. The molecule has 0 spiro atoms. The molecule has 26 heavy (non-hydrogen) atoms. The van der Waals surface area contributed by atoms with E-state index in [1.165, 1.54) is 70.3 Å². The van der Waals surface area contributed by atoms with E-state index in [2.05, 4.69) is 6.92 Å². The van der Waals surface area contributed by atoms with E-state index in [4.69, 9.17) is 9.26 Å². The summed E-state index contributed by atoms with van der Waals surface area (Å²) in [6.45, 7) is 4.86. The summed E-state index contributed by atoms with van der Waals surface area (Å²) >= 11 is 0. The molecule has 0 radical (unpaired) electrons. The van der Waals surface area contributed by atoms with Crippen LogP contribution in [0.4, 0.5) is 0 Å². The van der Waals surface area contributed by atoms with Crippen molar-refractivity contribution in [3.8, 4) is 0 Å². The van der Waals surface area contributed by atoms with Crippen LogP contribution in [0, 0.1) is 0 Å². The average molecular weight is 387 g/mol. The van der Waals surface area contributed by atoms with Crippen LogP contribution in [0.3, 0.4) is 0 Å². The van der Waals surface area contributed by atoms with Crippen molar-refractivity contribution in [1.29, 1.82) is 0 Å². The van der Waals surface area contributed by atoms with Gasteiger partial charge in [0.15, 0.2) is 0 Å². The largest absolute Gasteiger partial charge is 0.458 e. The summed E-state index contributed by atoms with van der Waals surface area (Å²) in [7, 11) is -2.68. The van der Waals surface area contributed by atoms with Gasteiger partial charge in [-0.3, -0.25) is 4.57 Å². The van der Waals surface area contributed by atoms with Crippen LogP contribution in [-0.2, 0) is 18.6 Å². The SMILES string of the molecule is CCCCCCCCCCCCCCP(=O)(CC1=CC(=O)OC1)OCC. The summed E-state index contributed by atoms with van der Waals surface area (Å²) < 4.78 is 23.4. The molecule has 4 nitrogen and oxygen atoms in total. The van der Waals surface area contributed by atoms with Crippen molar-refractivity contribution < 1.29 is 18.6 Å². The highest BCUT2D eigenvalue weighted by Gasteiger charge is 2.26. The average Bonchev–Trinajstić information content (AvgIpc) is 3.00. The summed E-state index contributed by atoms with van der Waals surface area (Å²) in [4.78, 5) is 11.1. The smallest absolute Gasteiger partial charge is 0.331 e. The number of ether oxygens (including phenoxy) is 1. The van der Waals surface area contributed by atoms with Crippen LogP contribution < -0.4 is 0 Å². The first-order valence-corrected chi connectivity index (χ1v) is 12.7. The summed E-state index contributed by atoms with van der Waals surface area (Å²) in [5.41, 5.74) is 0.811. The van der Waals surface area contributed by atoms with Gasteiger partial charge < -0.3 is 9.26 Å². The molecule has 1 rings (SSSR count). The number of esters is 1. The molecule has 1 aliphatic heterocycles. The zero-order chi connectivity index (χ0) is 19.1. The van der Waals surface area contributed by atoms with Crippen molar-refractivity contribution in [2.45, 2.75) is 90.9 Å². The lowest BCUT2D eigenvalue weighted by atomic mass is 10.1. The second-order valence-electron chi connectivity index (χ2n) is 7.41. The van der Waals surface area contributed by atoms with Crippen molar-refractivity contribution in [1.82, 2.24) is 0 Å². The van der Waals surface area contributed by atoms with Gasteiger partial charge in [-0.05, 0) is 18.9 Å². The molecule has 0 bridgehead atoms. The van der Waals surface area contributed by atoms with Gasteiger partial charge in [-0.25, -0.2) is 4.79 Å². The van der Waals surface area contributed by atoms with Crippen molar-refractivity contribution in [3.05, 3.63) is 11.6 Å². The first kappa shape index (κ1) is 23.4. The Kier molecular flexibility index (Phi) is 13.0. The standard InChI is InChI=1S/C21H39O4P/c1-3-5-6-7-8-9-10-11-12-13-14-15-16-26(23,25-4-2)19-20-17-21(22)24-18-20/h17H,3-16,18-19H2,1-2H3. The van der Waals surface area contributed by atoms with Gasteiger partial charge in [0.2, 0.25) is 7.37 Å². The lowest BCUT2D eigenvalue weighted by molar-refractivity contribution is -0.134. The van der Waals surface area contributed by atoms with Crippen LogP contribution in [0.1, 0.15) is 90.9 Å². The minimum absolute atomic E-state index is 0.272. The van der Waals surface area contributed by atoms with E-state index >= 15 is 0 Å². The van der Waals surface area contributed by atoms with E-state index in [-0.39, 0.29) is 12.6 Å². The van der Waals surface area contributed by atoms with Crippen LogP contribution >= 0.6 is 7.37 Å². The molecule has 5 heteroatoms. The highest BCUT2D eigenvalue weighted by Crippen LogP contribution is 2.49. The Balaban J connectivity index is 2.06. The predicted molar refractivity (Wildman–Crippen MR) is 109 cm³/mol. The maximum absolute atomic E-state index is 12.9. The van der Waals surface area contributed by atoms with Gasteiger partial charge in [0.1, 0.15) is 6.61 Å². The fourth-order valence-corrected chi connectivity index (χ4v) is 5.79. The monoisotopic (exact) mass is 386 g/mol. The van der Waals surface area contributed by atoms with Gasteiger partial charge in [0, 0.05) is 18.4 Å². The first-order chi connectivity index (χ1) is 12.6. The fraction of sp³-hybridized carbons (Fsp3) is 0.857. The molecule has 1 unspecified atom stereocenters. The van der Waals surface area contributed by atoms with Crippen molar-refractivity contribution >= 4 is 13.3 Å². The number of rotatable bonds is 17. The minimum Gasteiger partial charge on any atom is -0.458 e. The molecule has 1 aliphatic rings. The number of carbonyl (C=O) groups excluding carboxylic acids is 1. The third-order valence-corrected chi connectivity index (χ3v) is 7.50. The predicted octanol–water partition coefficient (Wildman–Crippen LogP) is 6.49. The van der Waals surface area contributed by atoms with E-state index in [0.717, 1.165) is 18.4 Å². The van der Waals surface area contributed by atoms with Gasteiger partial charge >= 0.3 is 5.97 Å². The molecule has 0 aromatic carbocycles. The molecule has 0 aliphatic carbocycles. The van der Waals surface area contributed by atoms with E-state index in [9.17, 15) is 9.36 Å². The Morgan fingerprint density at radius 3 is 1.92 bits per heavy atom. The number of carbonyl (C=O) groups is 1. The quantitative estimate of drug-likeness (QED) is 0.163. The van der Waals surface area contributed by atoms with Crippen molar-refractivity contribution in [2.24, 2.45) is 0 Å². The van der Waals surface area contributed by atoms with E-state index in [1.807, 2.05) is 6.92 Å². The lowest BCUT2D eigenvalue weighted by Gasteiger charge is -2.18. The lowest BCUT2D eigenvalue weighted by Crippen LogP contribution is -2.04. The summed E-state index contributed by atoms with van der Waals surface area (Å²) in [5.74, 6) is -0.326. The summed E-state index contributed by atoms with van der Waals surface area (Å²) in [5, 5.41) is 0. The van der Waals surface area contributed by atoms with E-state index in [1.54, 1.807) is 0 Å². The van der Waals surface area contributed by atoms with Gasteiger partial charge in [0.05, 0.1) is 6.61 Å². The number of cyclic esters (lactones) is 1. The molecule has 1 atom stereocenters. The Morgan fingerprint density at radius 2 is 1.46 bits per heavy atom. The van der Waals surface area contributed by atoms with E-state index < -0.39 is 7.37 Å². The number of unbranched alkanes of at least 4 members (excludes halogenated alkanes) is 11. The molecule has 0 aromatic rings. The Labute approximate surface area is 160 Å². The maximum atomic E-state index is 12.9. The topological polar surface area (TPSA) is 52.6 Å². The van der Waals surface area contributed by atoms with Gasteiger partial charge in [0.25, 0.3) is 0 Å². The molecule has 0 fully saturated rings. The van der Waals surface area contributed by atoms with Gasteiger partial charge in [-0.2, -0.15) is 0 Å². The normalized spacial score (nSPS) is 16.4. The molecule has 0 saturated carbocycles. The van der Waals surface area contributed by atoms with Crippen molar-refractivity contribution in [3.63, 3.8) is 0 Å². The first-order valence-electron chi connectivity index (χ1n) is 10.7. The third kappa shape index (κ3) is 11.2. The summed E-state index contributed by atoms with van der Waals surface area (Å²) in [6.07, 6.45) is 17.9. The Hall–Kier alpha value is -0.600. The zero-order valence-electron chi connectivity index (χ0n) is 17.0. The van der Waals surface area contributed by atoms with Crippen LogP contribution in [0.25, 0.3) is 0 Å². The number of hydrogen-bond acceptors (Lipinski definition) is 4. The Bertz CT molecular complexity index is 459. The second-order valence-corrected chi connectivity index (χ2v) is 10.1.